The highest BCUT2D eigenvalue weighted by Gasteiger charge is 2.07. The molecule has 10 heteroatoms. The van der Waals surface area contributed by atoms with Crippen molar-refractivity contribution in [2.24, 2.45) is 0 Å². The average molecular weight is 503 g/mol. The van der Waals surface area contributed by atoms with E-state index in [9.17, 15) is 9.59 Å². The Bertz CT molecular complexity index is 825. The van der Waals surface area contributed by atoms with Crippen LogP contribution >= 0.6 is 44.1 Å². The molecule has 0 fully saturated rings. The van der Waals surface area contributed by atoms with Crippen molar-refractivity contribution in [3.8, 4) is 5.75 Å². The first-order valence-electron chi connectivity index (χ1n) is 7.13. The van der Waals surface area contributed by atoms with Crippen LogP contribution in [0.4, 0.5) is 0 Å². The van der Waals surface area contributed by atoms with Crippen LogP contribution in [0.3, 0.4) is 0 Å². The van der Waals surface area contributed by atoms with Gasteiger partial charge in [0.2, 0.25) is 5.91 Å². The van der Waals surface area contributed by atoms with Gasteiger partial charge < -0.3 is 9.15 Å². The quantitative estimate of drug-likeness (QED) is 0.331. The molecule has 2 aromatic rings. The molecule has 3 N–H and O–H groups in total. The fraction of sp³-hybridized carbons (Fsp3) is 0.0625. The molecule has 0 bridgehead atoms. The predicted octanol–water partition coefficient (Wildman–Crippen LogP) is 2.92. The lowest BCUT2D eigenvalue weighted by Gasteiger charge is -2.11. The van der Waals surface area contributed by atoms with E-state index in [1.807, 2.05) is 0 Å². The van der Waals surface area contributed by atoms with Gasteiger partial charge in [-0.25, -0.2) is 0 Å². The summed E-state index contributed by atoms with van der Waals surface area (Å²) in [6.45, 7) is -0.234. The monoisotopic (exact) mass is 501 g/mol. The molecule has 0 atom stereocenters. The third-order valence-corrected chi connectivity index (χ3v) is 4.06. The Labute approximate surface area is 171 Å². The summed E-state index contributed by atoms with van der Waals surface area (Å²) in [7, 11) is 0. The first kappa shape index (κ1) is 20.1. The van der Waals surface area contributed by atoms with E-state index in [1.54, 1.807) is 30.3 Å². The molecule has 0 aliphatic carbocycles. The number of ether oxygens (including phenoxy) is 1. The summed E-state index contributed by atoms with van der Waals surface area (Å²) in [6.07, 6.45) is 4.23. The highest BCUT2D eigenvalue weighted by atomic mass is 79.9. The molecule has 1 heterocycles. The summed E-state index contributed by atoms with van der Waals surface area (Å²) in [5.41, 5.74) is 4.73. The summed E-state index contributed by atoms with van der Waals surface area (Å²) < 4.78 is 12.0. The second-order valence-corrected chi connectivity index (χ2v) is 6.88. The topological polar surface area (TPSA) is 92.6 Å². The van der Waals surface area contributed by atoms with Crippen LogP contribution in [0.15, 0.2) is 56.0 Å². The number of furan rings is 1. The van der Waals surface area contributed by atoms with Crippen LogP contribution in [0.25, 0.3) is 6.08 Å². The summed E-state index contributed by atoms with van der Waals surface area (Å²) in [5, 5.41) is 2.31. The third kappa shape index (κ3) is 6.98. The maximum atomic E-state index is 11.7. The fourth-order valence-corrected chi connectivity index (χ4v) is 2.94. The van der Waals surface area contributed by atoms with Crippen molar-refractivity contribution in [2.75, 3.05) is 6.61 Å². The van der Waals surface area contributed by atoms with Crippen LogP contribution in [0.1, 0.15) is 5.76 Å². The van der Waals surface area contributed by atoms with Crippen molar-refractivity contribution in [3.05, 3.63) is 57.4 Å². The van der Waals surface area contributed by atoms with Gasteiger partial charge in [0.1, 0.15) is 11.5 Å². The minimum Gasteiger partial charge on any atom is -0.483 e. The molecule has 2 amide bonds. The zero-order chi connectivity index (χ0) is 18.9. The number of hydrogen-bond donors (Lipinski definition) is 3. The zero-order valence-electron chi connectivity index (χ0n) is 13.1. The summed E-state index contributed by atoms with van der Waals surface area (Å²) in [6, 6.07) is 8.70. The Morgan fingerprint density at radius 2 is 2.04 bits per heavy atom. The zero-order valence-corrected chi connectivity index (χ0v) is 17.1. The first-order valence-corrected chi connectivity index (χ1v) is 9.12. The number of hydrazine groups is 1. The van der Waals surface area contributed by atoms with Crippen LogP contribution in [0, 0.1) is 0 Å². The highest BCUT2D eigenvalue weighted by molar-refractivity contribution is 9.11. The van der Waals surface area contributed by atoms with Gasteiger partial charge in [0.15, 0.2) is 11.7 Å². The molecule has 7 nitrogen and oxygen atoms in total. The van der Waals surface area contributed by atoms with E-state index < -0.39 is 11.8 Å². The maximum absolute atomic E-state index is 11.7. The van der Waals surface area contributed by atoms with Crippen LogP contribution in [0.2, 0.25) is 0 Å². The van der Waals surface area contributed by atoms with E-state index in [0.29, 0.717) is 16.0 Å². The van der Waals surface area contributed by atoms with Gasteiger partial charge in [0.05, 0.1) is 10.7 Å². The average Bonchev–Trinajstić information content (AvgIpc) is 3.11. The Balaban J connectivity index is 1.69. The van der Waals surface area contributed by atoms with Gasteiger partial charge in [0.25, 0.3) is 5.91 Å². The van der Waals surface area contributed by atoms with Gasteiger partial charge in [0, 0.05) is 10.5 Å². The predicted molar refractivity (Wildman–Crippen MR) is 107 cm³/mol. The molecule has 2 rings (SSSR count). The Kier molecular flexibility index (Phi) is 7.82. The number of carbonyl (C=O) groups excluding carboxylic acids is 2. The number of carbonyl (C=O) groups is 2. The molecule has 0 saturated carbocycles. The maximum Gasteiger partial charge on any atom is 0.276 e. The van der Waals surface area contributed by atoms with Crippen LogP contribution in [0.5, 0.6) is 5.75 Å². The molecule has 26 heavy (non-hydrogen) atoms. The molecule has 1 aromatic heterocycles. The number of halogens is 2. The van der Waals surface area contributed by atoms with Gasteiger partial charge in [-0.1, -0.05) is 15.9 Å². The second-order valence-electron chi connectivity index (χ2n) is 4.70. The number of rotatable bonds is 5. The number of thiocarbonyl (C=S) groups is 1. The minimum atomic E-state index is -0.470. The van der Waals surface area contributed by atoms with Crippen molar-refractivity contribution < 1.29 is 18.7 Å². The Morgan fingerprint density at radius 1 is 1.23 bits per heavy atom. The van der Waals surface area contributed by atoms with Gasteiger partial charge >= 0.3 is 0 Å². The van der Waals surface area contributed by atoms with E-state index in [0.717, 1.165) is 4.47 Å². The summed E-state index contributed by atoms with van der Waals surface area (Å²) in [5.74, 6) is 0.108. The second kappa shape index (κ2) is 10.1. The Hall–Kier alpha value is -2.17. The Morgan fingerprint density at radius 3 is 2.73 bits per heavy atom. The van der Waals surface area contributed by atoms with Gasteiger partial charge in [-0.05, 0) is 64.6 Å². The summed E-state index contributed by atoms with van der Waals surface area (Å²) >= 11 is 11.6. The number of hydrogen-bond acceptors (Lipinski definition) is 5. The largest absolute Gasteiger partial charge is 0.483 e. The van der Waals surface area contributed by atoms with Crippen molar-refractivity contribution in [3.63, 3.8) is 0 Å². The highest BCUT2D eigenvalue weighted by Crippen LogP contribution is 2.27. The normalized spacial score (nSPS) is 10.4. The number of nitrogens with one attached hydrogen (secondary N) is 3. The lowest BCUT2D eigenvalue weighted by atomic mass is 10.3. The van der Waals surface area contributed by atoms with Crippen molar-refractivity contribution >= 4 is 67.1 Å². The molecule has 136 valence electrons. The lowest BCUT2D eigenvalue weighted by molar-refractivity contribution is -0.123. The first-order chi connectivity index (χ1) is 12.4. The molecular weight excluding hydrogens is 490 g/mol. The fourth-order valence-electron chi connectivity index (χ4n) is 1.63. The van der Waals surface area contributed by atoms with E-state index in [2.05, 4.69) is 48.0 Å². The molecule has 0 saturated heterocycles. The van der Waals surface area contributed by atoms with E-state index in [4.69, 9.17) is 21.4 Å². The van der Waals surface area contributed by atoms with Crippen molar-refractivity contribution in [1.29, 1.82) is 0 Å². The molecule has 0 radical (unpaired) electrons. The van der Waals surface area contributed by atoms with Crippen molar-refractivity contribution in [2.45, 2.75) is 0 Å². The smallest absolute Gasteiger partial charge is 0.276 e. The minimum absolute atomic E-state index is 0.0581. The van der Waals surface area contributed by atoms with E-state index in [-0.39, 0.29) is 11.7 Å². The van der Waals surface area contributed by atoms with Crippen LogP contribution in [-0.4, -0.2) is 23.5 Å². The van der Waals surface area contributed by atoms with Crippen molar-refractivity contribution in [1.82, 2.24) is 16.2 Å². The van der Waals surface area contributed by atoms with Gasteiger partial charge in [-0.3, -0.25) is 25.8 Å². The number of amides is 2. The van der Waals surface area contributed by atoms with Gasteiger partial charge in [-0.2, -0.15) is 0 Å². The van der Waals surface area contributed by atoms with Gasteiger partial charge in [-0.15, -0.1) is 0 Å². The van der Waals surface area contributed by atoms with Crippen LogP contribution in [-0.2, 0) is 9.59 Å². The third-order valence-electron chi connectivity index (χ3n) is 2.75. The molecular formula is C16H13Br2N3O4S. The van der Waals surface area contributed by atoms with Crippen LogP contribution < -0.4 is 20.9 Å². The summed E-state index contributed by atoms with van der Waals surface area (Å²) in [4.78, 5) is 23.4. The van der Waals surface area contributed by atoms with E-state index >= 15 is 0 Å². The standard InChI is InChI=1S/C16H13Br2N3O4S/c17-10-3-5-13(12(18)8-10)25-9-15(23)20-21-16(26)19-14(22)6-4-11-2-1-7-24-11/h1-8H,9H2,(H,20,23)(H2,19,21,22,26). The molecule has 0 aliphatic rings. The lowest BCUT2D eigenvalue weighted by Crippen LogP contribution is -2.49. The van der Waals surface area contributed by atoms with E-state index in [1.165, 1.54) is 18.4 Å². The SMILES string of the molecule is O=C(C=Cc1ccco1)NC(=S)NNC(=O)COc1ccc(Br)cc1Br. The molecule has 0 unspecified atom stereocenters. The number of benzene rings is 1. The molecule has 0 aliphatic heterocycles. The molecule has 1 aromatic carbocycles. The molecule has 0 spiro atoms.